The summed E-state index contributed by atoms with van der Waals surface area (Å²) in [6, 6.07) is 5.58. The SMILES string of the molecule is Cc1ccc(C)c(OCC(=O)NCC(F)(F)CN)c1.Cl. The molecule has 1 rings (SSSR count). The van der Waals surface area contributed by atoms with E-state index in [1.165, 1.54) is 0 Å². The van der Waals surface area contributed by atoms with Crippen LogP contribution in [-0.4, -0.2) is 31.5 Å². The van der Waals surface area contributed by atoms with Crippen molar-refractivity contribution < 1.29 is 18.3 Å². The van der Waals surface area contributed by atoms with Crippen LogP contribution in [0.25, 0.3) is 0 Å². The number of ether oxygens (including phenoxy) is 1. The van der Waals surface area contributed by atoms with Gasteiger partial charge in [-0.05, 0) is 31.0 Å². The average molecular weight is 309 g/mol. The molecule has 0 saturated carbocycles. The number of rotatable bonds is 6. The predicted octanol–water partition coefficient (Wildman–Crippen LogP) is 1.81. The zero-order valence-electron chi connectivity index (χ0n) is 11.4. The van der Waals surface area contributed by atoms with Gasteiger partial charge in [0, 0.05) is 0 Å². The number of nitrogens with one attached hydrogen (secondary N) is 1. The summed E-state index contributed by atoms with van der Waals surface area (Å²) in [4.78, 5) is 11.4. The van der Waals surface area contributed by atoms with Crippen LogP contribution >= 0.6 is 12.4 Å². The van der Waals surface area contributed by atoms with Crippen molar-refractivity contribution in [2.45, 2.75) is 19.8 Å². The van der Waals surface area contributed by atoms with Gasteiger partial charge >= 0.3 is 0 Å². The molecule has 7 heteroatoms. The molecule has 0 aromatic heterocycles. The molecule has 1 amide bonds. The lowest BCUT2D eigenvalue weighted by molar-refractivity contribution is -0.124. The fourth-order valence-electron chi connectivity index (χ4n) is 1.36. The Balaban J connectivity index is 0.00000361. The monoisotopic (exact) mass is 308 g/mol. The van der Waals surface area contributed by atoms with Gasteiger partial charge in [0.1, 0.15) is 5.75 Å². The van der Waals surface area contributed by atoms with Crippen LogP contribution in [0.5, 0.6) is 5.75 Å². The van der Waals surface area contributed by atoms with Gasteiger partial charge < -0.3 is 15.8 Å². The van der Waals surface area contributed by atoms with Gasteiger partial charge in [-0.25, -0.2) is 8.78 Å². The summed E-state index contributed by atoms with van der Waals surface area (Å²) in [7, 11) is 0. The predicted molar refractivity (Wildman–Crippen MR) is 75.7 cm³/mol. The number of aryl methyl sites for hydroxylation is 2. The van der Waals surface area contributed by atoms with Crippen molar-refractivity contribution in [1.82, 2.24) is 5.32 Å². The number of nitrogens with two attached hydrogens (primary N) is 1. The van der Waals surface area contributed by atoms with E-state index in [1.807, 2.05) is 26.0 Å². The third kappa shape index (κ3) is 6.16. The molecule has 4 nitrogen and oxygen atoms in total. The summed E-state index contributed by atoms with van der Waals surface area (Å²) in [6.07, 6.45) is 0. The van der Waals surface area contributed by atoms with Crippen LogP contribution in [0.2, 0.25) is 0 Å². The molecule has 20 heavy (non-hydrogen) atoms. The first-order valence-corrected chi connectivity index (χ1v) is 5.89. The average Bonchev–Trinajstić information content (AvgIpc) is 2.37. The zero-order valence-corrected chi connectivity index (χ0v) is 12.2. The van der Waals surface area contributed by atoms with Crippen molar-refractivity contribution in [3.8, 4) is 5.75 Å². The van der Waals surface area contributed by atoms with E-state index in [1.54, 1.807) is 6.07 Å². The highest BCUT2D eigenvalue weighted by atomic mass is 35.5. The fourth-order valence-corrected chi connectivity index (χ4v) is 1.36. The fraction of sp³-hybridized carbons (Fsp3) is 0.462. The van der Waals surface area contributed by atoms with Gasteiger partial charge in [0.25, 0.3) is 11.8 Å². The maximum absolute atomic E-state index is 12.8. The Morgan fingerprint density at radius 2 is 2.05 bits per heavy atom. The quantitative estimate of drug-likeness (QED) is 0.842. The standard InChI is InChI=1S/C13H18F2N2O2.ClH/c1-9-3-4-10(2)11(5-9)19-6-12(18)17-8-13(14,15)7-16;/h3-5H,6-8,16H2,1-2H3,(H,17,18);1H. The number of halogens is 3. The highest BCUT2D eigenvalue weighted by molar-refractivity contribution is 5.85. The number of benzene rings is 1. The van der Waals surface area contributed by atoms with Crippen LogP contribution in [0, 0.1) is 13.8 Å². The van der Waals surface area contributed by atoms with Gasteiger partial charge in [-0.3, -0.25) is 4.79 Å². The van der Waals surface area contributed by atoms with Crippen molar-refractivity contribution in [2.24, 2.45) is 5.73 Å². The lowest BCUT2D eigenvalue weighted by atomic mass is 10.1. The van der Waals surface area contributed by atoms with E-state index in [4.69, 9.17) is 10.5 Å². The van der Waals surface area contributed by atoms with Crippen molar-refractivity contribution in [1.29, 1.82) is 0 Å². The largest absolute Gasteiger partial charge is 0.483 e. The normalized spacial score (nSPS) is 10.7. The van der Waals surface area contributed by atoms with Gasteiger partial charge in [0.2, 0.25) is 0 Å². The number of carbonyl (C=O) groups is 1. The van der Waals surface area contributed by atoms with Crippen LogP contribution in [0.4, 0.5) is 8.78 Å². The minimum atomic E-state index is -3.09. The minimum absolute atomic E-state index is 0. The summed E-state index contributed by atoms with van der Waals surface area (Å²) in [5.41, 5.74) is 6.74. The second-order valence-electron chi connectivity index (χ2n) is 4.39. The van der Waals surface area contributed by atoms with E-state index in [2.05, 4.69) is 5.32 Å². The Morgan fingerprint density at radius 3 is 2.65 bits per heavy atom. The Bertz CT molecular complexity index is 456. The van der Waals surface area contributed by atoms with Crippen molar-refractivity contribution >= 4 is 18.3 Å². The molecule has 0 unspecified atom stereocenters. The smallest absolute Gasteiger partial charge is 0.277 e. The van der Waals surface area contributed by atoms with Crippen LogP contribution in [0.15, 0.2) is 18.2 Å². The first kappa shape index (κ1) is 18.6. The van der Waals surface area contributed by atoms with Crippen molar-refractivity contribution in [3.05, 3.63) is 29.3 Å². The molecule has 0 radical (unpaired) electrons. The number of hydrogen-bond donors (Lipinski definition) is 2. The highest BCUT2D eigenvalue weighted by Gasteiger charge is 2.27. The number of alkyl halides is 2. The molecule has 0 spiro atoms. The second kappa shape index (κ2) is 8.01. The van der Waals surface area contributed by atoms with E-state index in [-0.39, 0.29) is 19.0 Å². The lowest BCUT2D eigenvalue weighted by Crippen LogP contribution is -2.43. The summed E-state index contributed by atoms with van der Waals surface area (Å²) >= 11 is 0. The van der Waals surface area contributed by atoms with Crippen LogP contribution < -0.4 is 15.8 Å². The van der Waals surface area contributed by atoms with Crippen LogP contribution in [-0.2, 0) is 4.79 Å². The zero-order chi connectivity index (χ0) is 14.5. The highest BCUT2D eigenvalue weighted by Crippen LogP contribution is 2.18. The Hall–Kier alpha value is -1.40. The molecule has 0 aliphatic heterocycles. The van der Waals surface area contributed by atoms with E-state index >= 15 is 0 Å². The topological polar surface area (TPSA) is 64.3 Å². The molecule has 1 aromatic carbocycles. The van der Waals surface area contributed by atoms with Crippen molar-refractivity contribution in [2.75, 3.05) is 19.7 Å². The summed E-state index contributed by atoms with van der Waals surface area (Å²) in [6.45, 7) is 1.86. The molecular formula is C13H19ClF2N2O2. The maximum atomic E-state index is 12.8. The van der Waals surface area contributed by atoms with Gasteiger partial charge in [-0.15, -0.1) is 12.4 Å². The first-order chi connectivity index (χ1) is 8.84. The molecule has 3 N–H and O–H groups in total. The second-order valence-corrected chi connectivity index (χ2v) is 4.39. The molecule has 114 valence electrons. The van der Waals surface area contributed by atoms with E-state index in [9.17, 15) is 13.6 Å². The first-order valence-electron chi connectivity index (χ1n) is 5.89. The minimum Gasteiger partial charge on any atom is -0.483 e. The molecule has 0 fully saturated rings. The van der Waals surface area contributed by atoms with E-state index in [0.29, 0.717) is 5.75 Å². The Kier molecular flexibility index (Phi) is 7.45. The molecule has 0 saturated heterocycles. The third-order valence-corrected chi connectivity index (χ3v) is 2.55. The number of hydrogen-bond acceptors (Lipinski definition) is 3. The van der Waals surface area contributed by atoms with Crippen LogP contribution in [0.1, 0.15) is 11.1 Å². The van der Waals surface area contributed by atoms with E-state index < -0.39 is 24.9 Å². The Labute approximate surface area is 123 Å². The number of amides is 1. The third-order valence-electron chi connectivity index (χ3n) is 2.55. The summed E-state index contributed by atoms with van der Waals surface area (Å²) < 4.78 is 30.9. The molecular weight excluding hydrogens is 290 g/mol. The molecule has 0 atom stereocenters. The van der Waals surface area contributed by atoms with Gasteiger partial charge in [0.05, 0.1) is 13.1 Å². The summed E-state index contributed by atoms with van der Waals surface area (Å²) in [5.74, 6) is -3.12. The number of carbonyl (C=O) groups excluding carboxylic acids is 1. The summed E-state index contributed by atoms with van der Waals surface area (Å²) in [5, 5.41) is 2.08. The van der Waals surface area contributed by atoms with Gasteiger partial charge in [-0.1, -0.05) is 12.1 Å². The van der Waals surface area contributed by atoms with E-state index in [0.717, 1.165) is 11.1 Å². The maximum Gasteiger partial charge on any atom is 0.277 e. The molecule has 0 aliphatic carbocycles. The molecule has 0 aliphatic rings. The Morgan fingerprint density at radius 1 is 1.40 bits per heavy atom. The van der Waals surface area contributed by atoms with Gasteiger partial charge in [-0.2, -0.15) is 0 Å². The van der Waals surface area contributed by atoms with Gasteiger partial charge in [0.15, 0.2) is 6.61 Å². The van der Waals surface area contributed by atoms with Crippen molar-refractivity contribution in [3.63, 3.8) is 0 Å². The van der Waals surface area contributed by atoms with Crippen LogP contribution in [0.3, 0.4) is 0 Å². The molecule has 0 heterocycles. The molecule has 1 aromatic rings. The lowest BCUT2D eigenvalue weighted by Gasteiger charge is -2.15. The molecule has 0 bridgehead atoms.